The van der Waals surface area contributed by atoms with E-state index in [1.165, 1.54) is 96.3 Å². The second-order valence-corrected chi connectivity index (χ2v) is 8.12. The number of hydrogen-bond acceptors (Lipinski definition) is 3. The Hall–Kier alpha value is -0.380. The zero-order valence-electron chi connectivity index (χ0n) is 18.1. The van der Waals surface area contributed by atoms with Crippen molar-refractivity contribution in [1.29, 1.82) is 0 Å². The first-order valence-electron chi connectivity index (χ1n) is 11.8. The van der Waals surface area contributed by atoms with Crippen LogP contribution in [0.5, 0.6) is 0 Å². The molecule has 0 radical (unpaired) electrons. The number of epoxide rings is 2. The van der Waals surface area contributed by atoms with Crippen LogP contribution in [0.2, 0.25) is 0 Å². The third-order valence-electron chi connectivity index (χ3n) is 5.17. The van der Waals surface area contributed by atoms with E-state index in [1.54, 1.807) is 0 Å². The summed E-state index contributed by atoms with van der Waals surface area (Å²) in [6.07, 6.45) is 24.2. The first kappa shape index (κ1) is 24.7. The highest BCUT2D eigenvalue weighted by Gasteiger charge is 2.26. The summed E-state index contributed by atoms with van der Waals surface area (Å²) in [6, 6.07) is 0. The summed E-state index contributed by atoms with van der Waals surface area (Å²) in [6.45, 7) is 9.31. The van der Waals surface area contributed by atoms with Gasteiger partial charge in [-0.25, -0.2) is 0 Å². The molecule has 3 heteroatoms. The normalized spacial score (nSPS) is 20.0. The molecule has 0 aromatic rings. The second-order valence-electron chi connectivity index (χ2n) is 8.12. The van der Waals surface area contributed by atoms with Gasteiger partial charge in [0, 0.05) is 0 Å². The average Bonchev–Trinajstić information content (AvgIpc) is 3.58. The Bertz CT molecular complexity index is 299. The number of rotatable bonds is 19. The molecule has 0 bridgehead atoms. The van der Waals surface area contributed by atoms with Gasteiger partial charge in [-0.2, -0.15) is 0 Å². The predicted octanol–water partition coefficient (Wildman–Crippen LogP) is 6.84. The van der Waals surface area contributed by atoms with Gasteiger partial charge in [0.15, 0.2) is 0 Å². The van der Waals surface area contributed by atoms with Crippen LogP contribution in [0.15, 0.2) is 12.7 Å². The minimum atomic E-state index is 0.392. The van der Waals surface area contributed by atoms with Gasteiger partial charge in [0.2, 0.25) is 0 Å². The summed E-state index contributed by atoms with van der Waals surface area (Å²) in [4.78, 5) is 0. The van der Waals surface area contributed by atoms with E-state index in [-0.39, 0.29) is 0 Å². The molecule has 2 heterocycles. The average molecular weight is 383 g/mol. The number of allylic oxidation sites excluding steroid dienone is 1. The van der Waals surface area contributed by atoms with E-state index < -0.39 is 0 Å². The molecule has 2 atom stereocenters. The SMILES string of the molecule is C(OCC1CO1)C1CO1.C=CCCCCCCCCCCCCCCCC. The first-order chi connectivity index (χ1) is 13.4. The first-order valence-corrected chi connectivity index (χ1v) is 11.8. The minimum absolute atomic E-state index is 0.392. The van der Waals surface area contributed by atoms with Crippen molar-refractivity contribution in [3.63, 3.8) is 0 Å². The number of unbranched alkanes of at least 4 members (excludes halogenated alkanes) is 14. The highest BCUT2D eigenvalue weighted by molar-refractivity contribution is 4.71. The smallest absolute Gasteiger partial charge is 0.104 e. The Balaban J connectivity index is 0.000000330. The standard InChI is InChI=1S/C18H36.C6H10O3/c1-3-5-7-9-11-13-15-17-18-16-14-12-10-8-6-4-2;1(5-3-8-5)7-2-6-4-9-6/h3H,1,4-18H2,2H3;5-6H,1-4H2. The lowest BCUT2D eigenvalue weighted by Gasteiger charge is -2.02. The molecule has 27 heavy (non-hydrogen) atoms. The van der Waals surface area contributed by atoms with Gasteiger partial charge < -0.3 is 14.2 Å². The summed E-state index contributed by atoms with van der Waals surface area (Å²) in [5.41, 5.74) is 0. The summed E-state index contributed by atoms with van der Waals surface area (Å²) in [5, 5.41) is 0. The molecule has 0 aromatic heterocycles. The molecule has 0 N–H and O–H groups in total. The summed E-state index contributed by atoms with van der Waals surface area (Å²) < 4.78 is 15.1. The van der Waals surface area contributed by atoms with Gasteiger partial charge in [-0.05, 0) is 12.8 Å². The van der Waals surface area contributed by atoms with Crippen LogP contribution >= 0.6 is 0 Å². The van der Waals surface area contributed by atoms with Crippen molar-refractivity contribution in [3.8, 4) is 0 Å². The Morgan fingerprint density at radius 1 is 0.704 bits per heavy atom. The number of hydrogen-bond donors (Lipinski definition) is 0. The van der Waals surface area contributed by atoms with Crippen LogP contribution in [0.1, 0.15) is 103 Å². The molecule has 0 spiro atoms. The molecular weight excluding hydrogens is 336 g/mol. The lowest BCUT2D eigenvalue weighted by Crippen LogP contribution is -2.06. The van der Waals surface area contributed by atoms with Crippen LogP contribution < -0.4 is 0 Å². The fourth-order valence-electron chi connectivity index (χ4n) is 3.14. The molecular formula is C24H46O3. The van der Waals surface area contributed by atoms with Crippen molar-refractivity contribution in [2.45, 2.75) is 115 Å². The van der Waals surface area contributed by atoms with Gasteiger partial charge in [0.05, 0.1) is 26.4 Å². The molecule has 2 aliphatic rings. The maximum absolute atomic E-state index is 5.23. The lowest BCUT2D eigenvalue weighted by molar-refractivity contribution is 0.102. The predicted molar refractivity (Wildman–Crippen MR) is 115 cm³/mol. The van der Waals surface area contributed by atoms with Gasteiger partial charge in [0.1, 0.15) is 12.2 Å². The highest BCUT2D eigenvalue weighted by Crippen LogP contribution is 2.14. The molecule has 0 aliphatic carbocycles. The van der Waals surface area contributed by atoms with Gasteiger partial charge in [-0.1, -0.05) is 96.5 Å². The van der Waals surface area contributed by atoms with Gasteiger partial charge in [-0.15, -0.1) is 6.58 Å². The third kappa shape index (κ3) is 20.2. The van der Waals surface area contributed by atoms with Crippen molar-refractivity contribution in [3.05, 3.63) is 12.7 Å². The van der Waals surface area contributed by atoms with Crippen molar-refractivity contribution < 1.29 is 14.2 Å². The Kier molecular flexibility index (Phi) is 17.3. The van der Waals surface area contributed by atoms with Gasteiger partial charge in [-0.3, -0.25) is 0 Å². The van der Waals surface area contributed by atoms with E-state index >= 15 is 0 Å². The summed E-state index contributed by atoms with van der Waals surface area (Å²) in [7, 11) is 0. The third-order valence-corrected chi connectivity index (χ3v) is 5.17. The summed E-state index contributed by atoms with van der Waals surface area (Å²) >= 11 is 0. The molecule has 2 rings (SSSR count). The van der Waals surface area contributed by atoms with E-state index in [0.29, 0.717) is 12.2 Å². The van der Waals surface area contributed by atoms with Crippen molar-refractivity contribution in [1.82, 2.24) is 0 Å². The van der Waals surface area contributed by atoms with Crippen LogP contribution in [0.3, 0.4) is 0 Å². The highest BCUT2D eigenvalue weighted by atomic mass is 16.6. The summed E-state index contributed by atoms with van der Waals surface area (Å²) in [5.74, 6) is 0. The molecule has 2 saturated heterocycles. The molecule has 3 nitrogen and oxygen atoms in total. The molecule has 0 saturated carbocycles. The topological polar surface area (TPSA) is 34.3 Å². The van der Waals surface area contributed by atoms with Gasteiger partial charge >= 0.3 is 0 Å². The zero-order valence-corrected chi connectivity index (χ0v) is 18.1. The maximum atomic E-state index is 5.23. The minimum Gasteiger partial charge on any atom is -0.376 e. The Morgan fingerprint density at radius 3 is 1.41 bits per heavy atom. The molecule has 0 amide bonds. The molecule has 0 aromatic carbocycles. The monoisotopic (exact) mass is 382 g/mol. The Morgan fingerprint density at radius 2 is 1.07 bits per heavy atom. The second kappa shape index (κ2) is 19.0. The maximum Gasteiger partial charge on any atom is 0.104 e. The fourth-order valence-corrected chi connectivity index (χ4v) is 3.14. The van der Waals surface area contributed by atoms with Gasteiger partial charge in [0.25, 0.3) is 0 Å². The quantitative estimate of drug-likeness (QED) is 0.139. The van der Waals surface area contributed by atoms with E-state index in [2.05, 4.69) is 13.5 Å². The van der Waals surface area contributed by atoms with Crippen LogP contribution in [0.4, 0.5) is 0 Å². The van der Waals surface area contributed by atoms with Crippen molar-refractivity contribution >= 4 is 0 Å². The Labute approximate surface area is 169 Å². The lowest BCUT2D eigenvalue weighted by atomic mass is 10.0. The van der Waals surface area contributed by atoms with Crippen LogP contribution in [0, 0.1) is 0 Å². The van der Waals surface area contributed by atoms with Crippen LogP contribution in [-0.4, -0.2) is 38.6 Å². The van der Waals surface area contributed by atoms with Crippen molar-refractivity contribution in [2.24, 2.45) is 0 Å². The molecule has 160 valence electrons. The zero-order chi connectivity index (χ0) is 19.4. The van der Waals surface area contributed by atoms with E-state index in [4.69, 9.17) is 14.2 Å². The molecule has 2 fully saturated rings. The number of ether oxygens (including phenoxy) is 3. The van der Waals surface area contributed by atoms with E-state index in [9.17, 15) is 0 Å². The van der Waals surface area contributed by atoms with E-state index in [1.807, 2.05) is 6.08 Å². The van der Waals surface area contributed by atoms with Crippen LogP contribution in [-0.2, 0) is 14.2 Å². The molecule has 2 aliphatic heterocycles. The van der Waals surface area contributed by atoms with Crippen molar-refractivity contribution in [2.75, 3.05) is 26.4 Å². The van der Waals surface area contributed by atoms with E-state index in [0.717, 1.165) is 26.4 Å². The largest absolute Gasteiger partial charge is 0.376 e. The fraction of sp³-hybridized carbons (Fsp3) is 0.917. The molecule has 2 unspecified atom stereocenters. The van der Waals surface area contributed by atoms with Crippen LogP contribution in [0.25, 0.3) is 0 Å².